The van der Waals surface area contributed by atoms with Crippen LogP contribution in [0.25, 0.3) is 10.6 Å². The maximum Gasteiger partial charge on any atom is 0.136 e. The fraction of sp³-hybridized carbons (Fsp3) is 0.438. The summed E-state index contributed by atoms with van der Waals surface area (Å²) in [6.45, 7) is 9.31. The summed E-state index contributed by atoms with van der Waals surface area (Å²) >= 11 is 1.46. The number of aromatic nitrogens is 2. The fourth-order valence-corrected chi connectivity index (χ4v) is 2.55. The van der Waals surface area contributed by atoms with Crippen molar-refractivity contribution in [1.29, 1.82) is 5.26 Å². The van der Waals surface area contributed by atoms with Gasteiger partial charge in [0, 0.05) is 18.0 Å². The second-order valence-electron chi connectivity index (χ2n) is 5.91. The van der Waals surface area contributed by atoms with Gasteiger partial charge in [-0.2, -0.15) is 5.26 Å². The van der Waals surface area contributed by atoms with Gasteiger partial charge >= 0.3 is 0 Å². The first-order valence-corrected chi connectivity index (χ1v) is 7.89. The molecular weight excluding hydrogens is 280 g/mol. The Morgan fingerprint density at radius 2 is 2.05 bits per heavy atom. The minimum Gasteiger partial charge on any atom is -0.370 e. The van der Waals surface area contributed by atoms with E-state index >= 15 is 0 Å². The normalized spacial score (nSPS) is 11.2. The van der Waals surface area contributed by atoms with Crippen LogP contribution in [0.2, 0.25) is 0 Å². The highest BCUT2D eigenvalue weighted by atomic mass is 32.1. The molecule has 0 spiro atoms. The van der Waals surface area contributed by atoms with Gasteiger partial charge in [-0.05, 0) is 18.6 Å². The quantitative estimate of drug-likeness (QED) is 0.919. The standard InChI is InChI=1S/C16H20N4S/c1-5-8-18-14-9-12(13-7-6-11(10-17)21-13)19-15(20-14)16(2,3)4/h6-7,9H,5,8H2,1-4H3,(H,18,19,20). The van der Waals surface area contributed by atoms with E-state index in [0.29, 0.717) is 4.88 Å². The number of nitrogens with zero attached hydrogens (tertiary/aromatic N) is 3. The molecule has 0 amide bonds. The highest BCUT2D eigenvalue weighted by Crippen LogP contribution is 2.30. The lowest BCUT2D eigenvalue weighted by Crippen LogP contribution is -2.17. The monoisotopic (exact) mass is 300 g/mol. The van der Waals surface area contributed by atoms with Crippen molar-refractivity contribution in [2.75, 3.05) is 11.9 Å². The molecule has 0 unspecified atom stereocenters. The zero-order chi connectivity index (χ0) is 15.5. The largest absolute Gasteiger partial charge is 0.370 e. The van der Waals surface area contributed by atoms with Crippen molar-refractivity contribution in [3.05, 3.63) is 28.9 Å². The lowest BCUT2D eigenvalue weighted by molar-refractivity contribution is 0.546. The van der Waals surface area contributed by atoms with Crippen LogP contribution < -0.4 is 5.32 Å². The molecule has 0 saturated heterocycles. The van der Waals surface area contributed by atoms with Gasteiger partial charge < -0.3 is 5.32 Å². The highest BCUT2D eigenvalue weighted by Gasteiger charge is 2.20. The Bertz CT molecular complexity index is 662. The molecule has 0 bridgehead atoms. The van der Waals surface area contributed by atoms with Gasteiger partial charge in [0.25, 0.3) is 0 Å². The van der Waals surface area contributed by atoms with Crippen molar-refractivity contribution in [3.63, 3.8) is 0 Å². The van der Waals surface area contributed by atoms with E-state index in [4.69, 9.17) is 5.26 Å². The Morgan fingerprint density at radius 1 is 1.29 bits per heavy atom. The van der Waals surface area contributed by atoms with E-state index in [9.17, 15) is 0 Å². The molecule has 2 aromatic heterocycles. The maximum atomic E-state index is 8.97. The molecule has 0 saturated carbocycles. The molecule has 0 radical (unpaired) electrons. The van der Waals surface area contributed by atoms with E-state index in [1.54, 1.807) is 0 Å². The molecular formula is C16H20N4S. The van der Waals surface area contributed by atoms with Crippen LogP contribution in [-0.4, -0.2) is 16.5 Å². The number of nitriles is 1. The summed E-state index contributed by atoms with van der Waals surface area (Å²) in [4.78, 5) is 11.0. The zero-order valence-corrected chi connectivity index (χ0v) is 13.7. The highest BCUT2D eigenvalue weighted by molar-refractivity contribution is 7.15. The summed E-state index contributed by atoms with van der Waals surface area (Å²) in [5.74, 6) is 1.66. The molecule has 0 aromatic carbocycles. The Balaban J connectivity index is 2.46. The summed E-state index contributed by atoms with van der Waals surface area (Å²) in [6, 6.07) is 7.90. The van der Waals surface area contributed by atoms with Crippen LogP contribution in [0.3, 0.4) is 0 Å². The number of rotatable bonds is 4. The second kappa shape index (κ2) is 6.23. The summed E-state index contributed by atoms with van der Waals surface area (Å²) in [5, 5.41) is 12.3. The van der Waals surface area contributed by atoms with Gasteiger partial charge in [-0.15, -0.1) is 11.3 Å². The summed E-state index contributed by atoms with van der Waals surface area (Å²) in [7, 11) is 0. The van der Waals surface area contributed by atoms with Crippen molar-refractivity contribution in [2.45, 2.75) is 39.5 Å². The third-order valence-corrected chi connectivity index (χ3v) is 3.93. The van der Waals surface area contributed by atoms with Crippen molar-refractivity contribution in [2.24, 2.45) is 0 Å². The fourth-order valence-electron chi connectivity index (χ4n) is 1.79. The molecule has 110 valence electrons. The molecule has 21 heavy (non-hydrogen) atoms. The van der Waals surface area contributed by atoms with E-state index in [1.807, 2.05) is 18.2 Å². The second-order valence-corrected chi connectivity index (χ2v) is 7.00. The predicted octanol–water partition coefficient (Wildman–Crippen LogP) is 4.20. The minimum absolute atomic E-state index is 0.117. The zero-order valence-electron chi connectivity index (χ0n) is 12.9. The van der Waals surface area contributed by atoms with Gasteiger partial charge in [0.1, 0.15) is 22.6 Å². The van der Waals surface area contributed by atoms with Crippen LogP contribution in [0.1, 0.15) is 44.8 Å². The van der Waals surface area contributed by atoms with Crippen LogP contribution in [0.5, 0.6) is 0 Å². The molecule has 0 aliphatic heterocycles. The van der Waals surface area contributed by atoms with Gasteiger partial charge in [0.05, 0.1) is 10.6 Å². The van der Waals surface area contributed by atoms with E-state index in [0.717, 1.165) is 35.2 Å². The Morgan fingerprint density at radius 3 is 2.62 bits per heavy atom. The van der Waals surface area contributed by atoms with Gasteiger partial charge in [0.15, 0.2) is 0 Å². The Labute approximate surface area is 129 Å². The molecule has 4 nitrogen and oxygen atoms in total. The third kappa shape index (κ3) is 3.79. The predicted molar refractivity (Wildman–Crippen MR) is 87.5 cm³/mol. The van der Waals surface area contributed by atoms with Gasteiger partial charge in [-0.25, -0.2) is 9.97 Å². The third-order valence-electron chi connectivity index (χ3n) is 2.92. The van der Waals surface area contributed by atoms with Crippen molar-refractivity contribution < 1.29 is 0 Å². The number of thiophene rings is 1. The van der Waals surface area contributed by atoms with Crippen LogP contribution in [0, 0.1) is 11.3 Å². The number of hydrogen-bond donors (Lipinski definition) is 1. The molecule has 2 heterocycles. The van der Waals surface area contributed by atoms with Crippen molar-refractivity contribution in [3.8, 4) is 16.6 Å². The van der Waals surface area contributed by atoms with E-state index < -0.39 is 0 Å². The maximum absolute atomic E-state index is 8.97. The smallest absolute Gasteiger partial charge is 0.136 e. The van der Waals surface area contributed by atoms with Crippen molar-refractivity contribution in [1.82, 2.24) is 9.97 Å². The number of nitrogens with one attached hydrogen (secondary N) is 1. The summed E-state index contributed by atoms with van der Waals surface area (Å²) in [6.07, 6.45) is 1.04. The molecule has 5 heteroatoms. The van der Waals surface area contributed by atoms with Crippen LogP contribution >= 0.6 is 11.3 Å². The molecule has 0 aliphatic carbocycles. The molecule has 1 N–H and O–H groups in total. The SMILES string of the molecule is CCCNc1cc(-c2ccc(C#N)s2)nc(C(C)(C)C)n1. The van der Waals surface area contributed by atoms with Crippen LogP contribution in [0.15, 0.2) is 18.2 Å². The summed E-state index contributed by atoms with van der Waals surface area (Å²) in [5.41, 5.74) is 0.758. The average Bonchev–Trinajstić information content (AvgIpc) is 2.93. The van der Waals surface area contributed by atoms with Gasteiger partial charge in [-0.1, -0.05) is 27.7 Å². The first-order chi connectivity index (χ1) is 9.94. The minimum atomic E-state index is -0.117. The average molecular weight is 300 g/mol. The first-order valence-electron chi connectivity index (χ1n) is 7.07. The lowest BCUT2D eigenvalue weighted by atomic mass is 9.95. The summed E-state index contributed by atoms with van der Waals surface area (Å²) < 4.78 is 0. The Hall–Kier alpha value is -1.93. The Kier molecular flexibility index (Phi) is 4.59. The molecule has 0 fully saturated rings. The lowest BCUT2D eigenvalue weighted by Gasteiger charge is -2.18. The molecule has 0 atom stereocenters. The van der Waals surface area contributed by atoms with Crippen LogP contribution in [-0.2, 0) is 5.41 Å². The van der Waals surface area contributed by atoms with E-state index in [1.165, 1.54) is 11.3 Å². The van der Waals surface area contributed by atoms with E-state index in [2.05, 4.69) is 49.0 Å². The van der Waals surface area contributed by atoms with Crippen molar-refractivity contribution >= 4 is 17.2 Å². The number of anilines is 1. The molecule has 2 rings (SSSR count). The number of hydrogen-bond acceptors (Lipinski definition) is 5. The van der Waals surface area contributed by atoms with Gasteiger partial charge in [-0.3, -0.25) is 0 Å². The first kappa shape index (κ1) is 15.5. The molecule has 0 aliphatic rings. The topological polar surface area (TPSA) is 61.6 Å². The van der Waals surface area contributed by atoms with Crippen LogP contribution in [0.4, 0.5) is 5.82 Å². The van der Waals surface area contributed by atoms with Gasteiger partial charge in [0.2, 0.25) is 0 Å². The van der Waals surface area contributed by atoms with E-state index in [-0.39, 0.29) is 5.41 Å². The molecule has 2 aromatic rings.